The fraction of sp³-hybridized carbons (Fsp3) is 0.188. The predicted molar refractivity (Wildman–Crippen MR) is 87.9 cm³/mol. The van der Waals surface area contributed by atoms with Gasteiger partial charge in [-0.3, -0.25) is 4.79 Å². The number of carbonyl (C=O) groups is 1. The van der Waals surface area contributed by atoms with E-state index in [9.17, 15) is 13.2 Å². The molecule has 23 heavy (non-hydrogen) atoms. The van der Waals surface area contributed by atoms with Crippen molar-refractivity contribution in [3.63, 3.8) is 0 Å². The molecule has 7 heteroatoms. The lowest BCUT2D eigenvalue weighted by molar-refractivity contribution is -0.115. The van der Waals surface area contributed by atoms with Crippen LogP contribution in [0.1, 0.15) is 11.1 Å². The van der Waals surface area contributed by atoms with E-state index in [1.807, 2.05) is 31.2 Å². The number of methoxy groups -OCH3 is 1. The molecule has 0 saturated heterocycles. The molecule has 2 rings (SSSR count). The standard InChI is InChI=1S/C16H18N2O4S/c1-11-5-3-4-6-12(11)9-16(19)18-13-7-8-14(22-2)15(10-13)23(17,20)21/h3-8,10H,9H2,1-2H3,(H,18,19)(H2,17,20,21). The van der Waals surface area contributed by atoms with Gasteiger partial charge < -0.3 is 10.1 Å². The van der Waals surface area contributed by atoms with Gasteiger partial charge >= 0.3 is 0 Å². The Labute approximate surface area is 135 Å². The summed E-state index contributed by atoms with van der Waals surface area (Å²) < 4.78 is 28.1. The highest BCUT2D eigenvalue weighted by atomic mass is 32.2. The number of aryl methyl sites for hydroxylation is 1. The number of hydrogen-bond acceptors (Lipinski definition) is 4. The number of ether oxygens (including phenoxy) is 1. The third-order valence-corrected chi connectivity index (χ3v) is 4.30. The number of anilines is 1. The Morgan fingerprint density at radius 1 is 1.22 bits per heavy atom. The lowest BCUT2D eigenvalue weighted by atomic mass is 10.1. The zero-order valence-corrected chi connectivity index (χ0v) is 13.7. The monoisotopic (exact) mass is 334 g/mol. The molecule has 0 atom stereocenters. The fourth-order valence-corrected chi connectivity index (χ4v) is 2.89. The Hall–Kier alpha value is -2.38. The first-order chi connectivity index (χ1) is 10.8. The van der Waals surface area contributed by atoms with Crippen LogP contribution in [0.4, 0.5) is 5.69 Å². The molecule has 0 aliphatic rings. The molecule has 0 unspecified atom stereocenters. The summed E-state index contributed by atoms with van der Waals surface area (Å²) in [6.45, 7) is 1.93. The molecule has 0 fully saturated rings. The number of hydrogen-bond donors (Lipinski definition) is 2. The molecule has 3 N–H and O–H groups in total. The third-order valence-electron chi connectivity index (χ3n) is 3.37. The zero-order valence-electron chi connectivity index (χ0n) is 12.9. The quantitative estimate of drug-likeness (QED) is 0.871. The number of benzene rings is 2. The largest absolute Gasteiger partial charge is 0.495 e. The van der Waals surface area contributed by atoms with Gasteiger partial charge in [0.1, 0.15) is 10.6 Å². The van der Waals surface area contributed by atoms with Crippen molar-refractivity contribution in [3.05, 3.63) is 53.6 Å². The van der Waals surface area contributed by atoms with Crippen LogP contribution in [0.5, 0.6) is 5.75 Å². The molecular formula is C16H18N2O4S. The van der Waals surface area contributed by atoms with Crippen LogP contribution in [0.25, 0.3) is 0 Å². The molecular weight excluding hydrogens is 316 g/mol. The molecule has 1 amide bonds. The smallest absolute Gasteiger partial charge is 0.241 e. The van der Waals surface area contributed by atoms with Gasteiger partial charge in [-0.15, -0.1) is 0 Å². The van der Waals surface area contributed by atoms with Crippen LogP contribution in [0.15, 0.2) is 47.4 Å². The highest BCUT2D eigenvalue weighted by Crippen LogP contribution is 2.26. The van der Waals surface area contributed by atoms with Crippen molar-refractivity contribution in [1.29, 1.82) is 0 Å². The second-order valence-corrected chi connectivity index (χ2v) is 6.59. The summed E-state index contributed by atoms with van der Waals surface area (Å²) in [4.78, 5) is 12.0. The number of nitrogens with one attached hydrogen (secondary N) is 1. The number of sulfonamides is 1. The Balaban J connectivity index is 2.20. The van der Waals surface area contributed by atoms with Gasteiger partial charge in [0.2, 0.25) is 15.9 Å². The number of nitrogens with two attached hydrogens (primary N) is 1. The predicted octanol–water partition coefficient (Wildman–Crippen LogP) is 1.83. The minimum atomic E-state index is -3.95. The van der Waals surface area contributed by atoms with Gasteiger partial charge in [-0.05, 0) is 36.2 Å². The van der Waals surface area contributed by atoms with Gasteiger partial charge in [-0.25, -0.2) is 13.6 Å². The molecule has 0 spiro atoms. The highest BCUT2D eigenvalue weighted by molar-refractivity contribution is 7.89. The van der Waals surface area contributed by atoms with Crippen LogP contribution in [0, 0.1) is 6.92 Å². The average Bonchev–Trinajstić information content (AvgIpc) is 2.48. The van der Waals surface area contributed by atoms with E-state index in [4.69, 9.17) is 9.88 Å². The van der Waals surface area contributed by atoms with Crippen molar-refractivity contribution in [3.8, 4) is 5.75 Å². The second kappa shape index (κ2) is 6.80. The van der Waals surface area contributed by atoms with Crippen LogP contribution >= 0.6 is 0 Å². The van der Waals surface area contributed by atoms with Crippen molar-refractivity contribution >= 4 is 21.6 Å². The molecule has 0 aliphatic carbocycles. The van der Waals surface area contributed by atoms with Gasteiger partial charge in [0.25, 0.3) is 0 Å². The molecule has 0 heterocycles. The van der Waals surface area contributed by atoms with Crippen LogP contribution in [-0.4, -0.2) is 21.4 Å². The van der Waals surface area contributed by atoms with E-state index in [-0.39, 0.29) is 23.0 Å². The summed E-state index contributed by atoms with van der Waals surface area (Å²) in [7, 11) is -2.60. The minimum Gasteiger partial charge on any atom is -0.495 e. The molecule has 0 aliphatic heterocycles. The number of carbonyl (C=O) groups excluding carboxylic acids is 1. The molecule has 0 radical (unpaired) electrons. The van der Waals surface area contributed by atoms with Crippen LogP contribution < -0.4 is 15.2 Å². The first kappa shape index (κ1) is 17.0. The fourth-order valence-electron chi connectivity index (χ4n) is 2.16. The van der Waals surface area contributed by atoms with Gasteiger partial charge in [-0.1, -0.05) is 24.3 Å². The molecule has 2 aromatic rings. The number of rotatable bonds is 5. The highest BCUT2D eigenvalue weighted by Gasteiger charge is 2.16. The summed E-state index contributed by atoms with van der Waals surface area (Å²) in [6.07, 6.45) is 0.198. The summed E-state index contributed by atoms with van der Waals surface area (Å²) in [5.41, 5.74) is 2.26. The summed E-state index contributed by atoms with van der Waals surface area (Å²) >= 11 is 0. The lowest BCUT2D eigenvalue weighted by Gasteiger charge is -2.11. The Morgan fingerprint density at radius 3 is 2.52 bits per heavy atom. The normalized spacial score (nSPS) is 11.1. The van der Waals surface area contributed by atoms with Crippen LogP contribution in [0.3, 0.4) is 0 Å². The average molecular weight is 334 g/mol. The molecule has 6 nitrogen and oxygen atoms in total. The SMILES string of the molecule is COc1ccc(NC(=O)Cc2ccccc2C)cc1S(N)(=O)=O. The van der Waals surface area contributed by atoms with E-state index in [2.05, 4.69) is 5.32 Å². The van der Waals surface area contributed by atoms with Crippen molar-refractivity contribution in [2.24, 2.45) is 5.14 Å². The summed E-state index contributed by atoms with van der Waals surface area (Å²) in [5.74, 6) is -0.116. The topological polar surface area (TPSA) is 98.5 Å². The molecule has 0 bridgehead atoms. The van der Waals surface area contributed by atoms with E-state index >= 15 is 0 Å². The molecule has 0 aromatic heterocycles. The molecule has 0 saturated carbocycles. The van der Waals surface area contributed by atoms with Gasteiger partial charge in [0, 0.05) is 5.69 Å². The van der Waals surface area contributed by atoms with Crippen molar-refractivity contribution in [2.75, 3.05) is 12.4 Å². The van der Waals surface area contributed by atoms with E-state index in [1.165, 1.54) is 19.2 Å². The van der Waals surface area contributed by atoms with Crippen molar-refractivity contribution in [2.45, 2.75) is 18.2 Å². The van der Waals surface area contributed by atoms with Gasteiger partial charge in [-0.2, -0.15) is 0 Å². The second-order valence-electron chi connectivity index (χ2n) is 5.06. The number of amides is 1. The summed E-state index contributed by atoms with van der Waals surface area (Å²) in [5, 5.41) is 7.82. The first-order valence-corrected chi connectivity index (χ1v) is 8.41. The minimum absolute atomic E-state index is 0.129. The Kier molecular flexibility index (Phi) is 5.02. The van der Waals surface area contributed by atoms with E-state index in [0.717, 1.165) is 11.1 Å². The van der Waals surface area contributed by atoms with Gasteiger partial charge in [0.05, 0.1) is 13.5 Å². The maximum absolute atomic E-state index is 12.1. The first-order valence-electron chi connectivity index (χ1n) is 6.86. The van der Waals surface area contributed by atoms with Gasteiger partial charge in [0.15, 0.2) is 0 Å². The third kappa shape index (κ3) is 4.30. The molecule has 122 valence electrons. The lowest BCUT2D eigenvalue weighted by Crippen LogP contribution is -2.17. The van der Waals surface area contributed by atoms with Crippen molar-refractivity contribution < 1.29 is 17.9 Å². The van der Waals surface area contributed by atoms with E-state index in [0.29, 0.717) is 5.69 Å². The van der Waals surface area contributed by atoms with E-state index < -0.39 is 10.0 Å². The van der Waals surface area contributed by atoms with E-state index in [1.54, 1.807) is 6.07 Å². The maximum atomic E-state index is 12.1. The summed E-state index contributed by atoms with van der Waals surface area (Å²) in [6, 6.07) is 11.9. The number of primary sulfonamides is 1. The zero-order chi connectivity index (χ0) is 17.0. The molecule has 2 aromatic carbocycles. The Morgan fingerprint density at radius 2 is 1.91 bits per heavy atom. The van der Waals surface area contributed by atoms with Crippen LogP contribution in [-0.2, 0) is 21.2 Å². The maximum Gasteiger partial charge on any atom is 0.241 e. The van der Waals surface area contributed by atoms with Crippen LogP contribution in [0.2, 0.25) is 0 Å². The Bertz CT molecular complexity index is 832. The van der Waals surface area contributed by atoms with Crippen molar-refractivity contribution in [1.82, 2.24) is 0 Å².